The molecule has 19 heteroatoms. The van der Waals surface area contributed by atoms with Crippen LogP contribution in [0.2, 0.25) is 0 Å². The molecule has 0 spiro atoms. The number of ether oxygens (including phenoxy) is 4. The van der Waals surface area contributed by atoms with Crippen LogP contribution in [0.5, 0.6) is 0 Å². The van der Waals surface area contributed by atoms with Crippen molar-refractivity contribution in [1.29, 1.82) is 0 Å². The van der Waals surface area contributed by atoms with Crippen LogP contribution in [0.15, 0.2) is 0 Å². The molecule has 0 amide bonds. The molecule has 0 radical (unpaired) electrons. The SMILES string of the molecule is CC(OC(=O)C(C)(O)C(F)(F)F)C(=O)OC(C)(C)C1CCCC(C(C)(C)OC(=O)C(C)OC(=O)C(O)(C(F)(F)F)C(F)(F)F)C1. The average Bonchev–Trinajstić information content (AvgIpc) is 2.85. The Bertz CT molecular complexity index is 1100. The van der Waals surface area contributed by atoms with Crippen molar-refractivity contribution in [3.05, 3.63) is 0 Å². The summed E-state index contributed by atoms with van der Waals surface area (Å²) >= 11 is 0. The Kier molecular flexibility index (Phi) is 11.7. The lowest BCUT2D eigenvalue weighted by Gasteiger charge is -2.44. The highest BCUT2D eigenvalue weighted by atomic mass is 19.4. The predicted molar refractivity (Wildman–Crippen MR) is 131 cm³/mol. The number of alkyl halides is 9. The third-order valence-corrected chi connectivity index (χ3v) is 7.66. The fourth-order valence-electron chi connectivity index (χ4n) is 4.43. The van der Waals surface area contributed by atoms with Crippen LogP contribution in [-0.4, -0.2) is 87.2 Å². The van der Waals surface area contributed by atoms with E-state index in [2.05, 4.69) is 9.47 Å². The molecule has 0 heterocycles. The van der Waals surface area contributed by atoms with Crippen LogP contribution in [0.25, 0.3) is 0 Å². The van der Waals surface area contributed by atoms with Gasteiger partial charge in [-0.2, -0.15) is 39.5 Å². The summed E-state index contributed by atoms with van der Waals surface area (Å²) in [6.45, 7) is 7.32. The van der Waals surface area contributed by atoms with E-state index >= 15 is 0 Å². The van der Waals surface area contributed by atoms with E-state index in [4.69, 9.17) is 14.6 Å². The fourth-order valence-corrected chi connectivity index (χ4v) is 4.43. The van der Waals surface area contributed by atoms with Gasteiger partial charge in [0.2, 0.25) is 0 Å². The Hall–Kier alpha value is -2.83. The smallest absolute Gasteiger partial charge is 0.437 e. The molecule has 1 aliphatic carbocycles. The molecular formula is C26H35F9O10. The van der Waals surface area contributed by atoms with E-state index in [1.165, 1.54) is 27.7 Å². The zero-order valence-corrected chi connectivity index (χ0v) is 25.2. The second-order valence-electron chi connectivity index (χ2n) is 12.0. The van der Waals surface area contributed by atoms with E-state index in [1.807, 2.05) is 0 Å². The molecule has 0 aromatic carbocycles. The third kappa shape index (κ3) is 8.92. The summed E-state index contributed by atoms with van der Waals surface area (Å²) < 4.78 is 135. The standard InChI is InChI=1S/C26H35F9O10/c1-12(42-18(38)22(7,40)24(27,28)29)16(36)44-20(3,4)14-9-8-10-15(11-14)21(5,6)45-17(37)13(2)43-19(39)23(41,25(30,31)32)26(33,34)35/h12-15,40-41H,8-11H2,1-7H3. The lowest BCUT2D eigenvalue weighted by Crippen LogP contribution is -2.63. The van der Waals surface area contributed by atoms with E-state index in [0.717, 1.165) is 6.92 Å². The number of rotatable bonds is 10. The van der Waals surface area contributed by atoms with Crippen LogP contribution < -0.4 is 0 Å². The second-order valence-corrected chi connectivity index (χ2v) is 12.0. The third-order valence-electron chi connectivity index (χ3n) is 7.66. The number of aliphatic hydroxyl groups is 2. The molecule has 1 saturated carbocycles. The van der Waals surface area contributed by atoms with E-state index in [0.29, 0.717) is 26.2 Å². The Balaban J connectivity index is 2.95. The van der Waals surface area contributed by atoms with Crippen molar-refractivity contribution in [3.8, 4) is 0 Å². The highest BCUT2D eigenvalue weighted by Gasteiger charge is 2.77. The van der Waals surface area contributed by atoms with Gasteiger partial charge < -0.3 is 29.2 Å². The van der Waals surface area contributed by atoms with Crippen LogP contribution in [0.4, 0.5) is 39.5 Å². The summed E-state index contributed by atoms with van der Waals surface area (Å²) in [6, 6.07) is 0. The minimum absolute atomic E-state index is 0.143. The lowest BCUT2D eigenvalue weighted by atomic mass is 9.69. The molecule has 0 aromatic rings. The number of hydrogen-bond acceptors (Lipinski definition) is 10. The molecule has 0 aliphatic heterocycles. The molecule has 262 valence electrons. The Morgan fingerprint density at radius 1 is 0.622 bits per heavy atom. The minimum atomic E-state index is -6.53. The monoisotopic (exact) mass is 678 g/mol. The maximum absolute atomic E-state index is 12.9. The van der Waals surface area contributed by atoms with Gasteiger partial charge in [0, 0.05) is 0 Å². The van der Waals surface area contributed by atoms with Crippen LogP contribution >= 0.6 is 0 Å². The van der Waals surface area contributed by atoms with Crippen LogP contribution in [0.3, 0.4) is 0 Å². The largest absolute Gasteiger partial charge is 0.457 e. The van der Waals surface area contributed by atoms with Gasteiger partial charge in [-0.3, -0.25) is 0 Å². The first-order chi connectivity index (χ1) is 19.8. The lowest BCUT2D eigenvalue weighted by molar-refractivity contribution is -0.357. The van der Waals surface area contributed by atoms with Crippen molar-refractivity contribution in [2.75, 3.05) is 0 Å². The summed E-state index contributed by atoms with van der Waals surface area (Å²) in [4.78, 5) is 48.6. The molecule has 2 N–H and O–H groups in total. The van der Waals surface area contributed by atoms with Gasteiger partial charge in [-0.15, -0.1) is 0 Å². The normalized spacial score (nSPS) is 21.6. The van der Waals surface area contributed by atoms with Crippen molar-refractivity contribution >= 4 is 23.9 Å². The van der Waals surface area contributed by atoms with Gasteiger partial charge >= 0.3 is 48.0 Å². The summed E-state index contributed by atoms with van der Waals surface area (Å²) in [5, 5.41) is 18.6. The van der Waals surface area contributed by atoms with Gasteiger partial charge in [-0.25, -0.2) is 19.2 Å². The van der Waals surface area contributed by atoms with Crippen molar-refractivity contribution in [2.45, 2.75) is 127 Å². The molecule has 5 atom stereocenters. The van der Waals surface area contributed by atoms with Crippen LogP contribution in [-0.2, 0) is 38.1 Å². The molecule has 1 rings (SSSR count). The van der Waals surface area contributed by atoms with Gasteiger partial charge in [0.05, 0.1) is 0 Å². The van der Waals surface area contributed by atoms with E-state index in [9.17, 15) is 63.8 Å². The van der Waals surface area contributed by atoms with Gasteiger partial charge in [0.15, 0.2) is 12.2 Å². The zero-order chi connectivity index (χ0) is 35.8. The molecule has 1 aliphatic rings. The zero-order valence-electron chi connectivity index (χ0n) is 25.2. The Morgan fingerprint density at radius 3 is 1.27 bits per heavy atom. The van der Waals surface area contributed by atoms with Gasteiger partial charge in [0.25, 0.3) is 5.60 Å². The number of carbonyl (C=O) groups excluding carboxylic acids is 4. The molecule has 10 nitrogen and oxygen atoms in total. The Labute approximate surface area is 251 Å². The number of esters is 4. The van der Waals surface area contributed by atoms with Crippen LogP contribution in [0.1, 0.15) is 74.1 Å². The average molecular weight is 679 g/mol. The highest BCUT2D eigenvalue weighted by molar-refractivity contribution is 5.85. The number of hydrogen-bond donors (Lipinski definition) is 2. The summed E-state index contributed by atoms with van der Waals surface area (Å²) in [7, 11) is 0. The molecule has 0 bridgehead atoms. The van der Waals surface area contributed by atoms with E-state index < -0.39 is 88.9 Å². The second kappa shape index (κ2) is 13.1. The highest BCUT2D eigenvalue weighted by Crippen LogP contribution is 2.45. The summed E-state index contributed by atoms with van der Waals surface area (Å²) in [5.74, 6) is -9.18. The molecule has 0 saturated heterocycles. The van der Waals surface area contributed by atoms with E-state index in [-0.39, 0.29) is 13.3 Å². The first-order valence-corrected chi connectivity index (χ1v) is 13.4. The summed E-state index contributed by atoms with van der Waals surface area (Å²) in [6.07, 6.45) is -21.3. The molecule has 5 unspecified atom stereocenters. The van der Waals surface area contributed by atoms with Crippen molar-refractivity contribution in [3.63, 3.8) is 0 Å². The van der Waals surface area contributed by atoms with Crippen molar-refractivity contribution in [1.82, 2.24) is 0 Å². The quantitative estimate of drug-likeness (QED) is 0.193. The first kappa shape index (κ1) is 40.2. The Morgan fingerprint density at radius 2 is 0.956 bits per heavy atom. The first-order valence-electron chi connectivity index (χ1n) is 13.4. The van der Waals surface area contributed by atoms with Crippen molar-refractivity contribution in [2.24, 2.45) is 11.8 Å². The molecule has 45 heavy (non-hydrogen) atoms. The van der Waals surface area contributed by atoms with Gasteiger partial charge in [-0.05, 0) is 79.6 Å². The van der Waals surface area contributed by atoms with Gasteiger partial charge in [0.1, 0.15) is 11.2 Å². The fraction of sp³-hybridized carbons (Fsp3) is 0.846. The predicted octanol–water partition coefficient (Wildman–Crippen LogP) is 4.47. The molecule has 1 fully saturated rings. The van der Waals surface area contributed by atoms with Gasteiger partial charge in [-0.1, -0.05) is 6.42 Å². The molecule has 0 aromatic heterocycles. The number of carbonyl (C=O) groups is 4. The van der Waals surface area contributed by atoms with Crippen molar-refractivity contribution < 1.29 is 87.9 Å². The topological polar surface area (TPSA) is 146 Å². The minimum Gasteiger partial charge on any atom is -0.457 e. The maximum atomic E-state index is 12.9. The number of halogens is 9. The molecular weight excluding hydrogens is 643 g/mol. The van der Waals surface area contributed by atoms with Crippen LogP contribution in [0, 0.1) is 11.8 Å². The maximum Gasteiger partial charge on any atom is 0.437 e. The summed E-state index contributed by atoms with van der Waals surface area (Å²) in [5.41, 5.74) is -12.6. The van der Waals surface area contributed by atoms with E-state index in [1.54, 1.807) is 0 Å².